The average molecular weight is 394 g/mol. The zero-order valence-corrected chi connectivity index (χ0v) is 14.7. The van der Waals surface area contributed by atoms with Crippen molar-refractivity contribution in [3.05, 3.63) is 69.8 Å². The van der Waals surface area contributed by atoms with Crippen LogP contribution >= 0.6 is 23.1 Å². The van der Waals surface area contributed by atoms with Gasteiger partial charge in [0, 0.05) is 21.8 Å². The molecule has 26 heavy (non-hydrogen) atoms. The first-order chi connectivity index (χ1) is 12.4. The van der Waals surface area contributed by atoms with Gasteiger partial charge in [0.25, 0.3) is 0 Å². The Kier molecular flexibility index (Phi) is 5.30. The Bertz CT molecular complexity index is 960. The predicted octanol–water partition coefficient (Wildman–Crippen LogP) is 6.13. The highest BCUT2D eigenvalue weighted by Gasteiger charge is 2.34. The third kappa shape index (κ3) is 3.89. The number of halogens is 4. The fourth-order valence-electron chi connectivity index (χ4n) is 2.31. The highest BCUT2D eigenvalue weighted by Crippen LogP contribution is 2.38. The van der Waals surface area contributed by atoms with E-state index >= 15 is 0 Å². The molecule has 0 aliphatic carbocycles. The first-order valence-electron chi connectivity index (χ1n) is 7.32. The molecule has 0 spiro atoms. The van der Waals surface area contributed by atoms with Gasteiger partial charge in [-0.15, -0.1) is 11.3 Å². The Balaban J connectivity index is 2.15. The second-order valence-electron chi connectivity index (χ2n) is 5.19. The molecular formula is C18H10F4N2S2. The summed E-state index contributed by atoms with van der Waals surface area (Å²) in [6.45, 7) is 0. The van der Waals surface area contributed by atoms with Crippen molar-refractivity contribution in [2.75, 3.05) is 0 Å². The van der Waals surface area contributed by atoms with E-state index in [0.717, 1.165) is 28.8 Å². The van der Waals surface area contributed by atoms with Crippen molar-refractivity contribution in [1.29, 1.82) is 5.26 Å². The van der Waals surface area contributed by atoms with Crippen LogP contribution in [0.3, 0.4) is 0 Å². The number of pyridine rings is 1. The second-order valence-corrected chi connectivity index (χ2v) is 7.19. The number of hydrogen-bond donors (Lipinski definition) is 0. The van der Waals surface area contributed by atoms with Crippen LogP contribution in [-0.2, 0) is 11.9 Å². The molecular weight excluding hydrogens is 384 g/mol. The summed E-state index contributed by atoms with van der Waals surface area (Å²) in [7, 11) is 0. The molecule has 1 aromatic carbocycles. The van der Waals surface area contributed by atoms with Crippen LogP contribution in [0, 0.1) is 17.1 Å². The van der Waals surface area contributed by atoms with Gasteiger partial charge in [-0.2, -0.15) is 18.4 Å². The summed E-state index contributed by atoms with van der Waals surface area (Å²) in [6, 6.07) is 11.7. The maximum atomic E-state index is 14.1. The number of thioether (sulfide) groups is 1. The predicted molar refractivity (Wildman–Crippen MR) is 93.2 cm³/mol. The first kappa shape index (κ1) is 18.4. The van der Waals surface area contributed by atoms with E-state index in [1.54, 1.807) is 0 Å². The van der Waals surface area contributed by atoms with Gasteiger partial charge >= 0.3 is 6.18 Å². The van der Waals surface area contributed by atoms with Gasteiger partial charge in [0.1, 0.15) is 22.6 Å². The minimum Gasteiger partial charge on any atom is -0.236 e. The molecule has 0 aliphatic heterocycles. The summed E-state index contributed by atoms with van der Waals surface area (Å²) < 4.78 is 53.9. The molecule has 2 nitrogen and oxygen atoms in total. The SMILES string of the molecule is N#Cc1c(-c2ccccc2F)cc(C(F)(F)F)nc1SCc1cccs1. The highest BCUT2D eigenvalue weighted by molar-refractivity contribution is 7.98. The quantitative estimate of drug-likeness (QED) is 0.394. The monoisotopic (exact) mass is 394 g/mol. The topological polar surface area (TPSA) is 36.7 Å². The number of thiophene rings is 1. The van der Waals surface area contributed by atoms with Gasteiger partial charge in [-0.25, -0.2) is 9.37 Å². The molecule has 0 radical (unpaired) electrons. The van der Waals surface area contributed by atoms with E-state index < -0.39 is 17.7 Å². The van der Waals surface area contributed by atoms with Gasteiger partial charge in [0.2, 0.25) is 0 Å². The van der Waals surface area contributed by atoms with Crippen LogP contribution < -0.4 is 0 Å². The van der Waals surface area contributed by atoms with Crippen molar-refractivity contribution >= 4 is 23.1 Å². The van der Waals surface area contributed by atoms with Crippen LogP contribution in [0.2, 0.25) is 0 Å². The lowest BCUT2D eigenvalue weighted by Gasteiger charge is -2.14. The summed E-state index contributed by atoms with van der Waals surface area (Å²) in [5.74, 6) is -0.324. The molecule has 3 rings (SSSR count). The Hall–Kier alpha value is -2.37. The molecule has 0 unspecified atom stereocenters. The third-order valence-corrected chi connectivity index (χ3v) is 5.57. The summed E-state index contributed by atoms with van der Waals surface area (Å²) in [4.78, 5) is 4.56. The Morgan fingerprint density at radius 3 is 2.50 bits per heavy atom. The molecule has 3 aromatic rings. The van der Waals surface area contributed by atoms with E-state index in [9.17, 15) is 22.8 Å². The van der Waals surface area contributed by atoms with Crippen LogP contribution in [0.4, 0.5) is 17.6 Å². The molecule has 0 saturated carbocycles. The maximum absolute atomic E-state index is 14.1. The van der Waals surface area contributed by atoms with E-state index in [2.05, 4.69) is 4.98 Å². The second kappa shape index (κ2) is 7.48. The number of nitrogens with zero attached hydrogens (tertiary/aromatic N) is 2. The van der Waals surface area contributed by atoms with E-state index in [1.807, 2.05) is 23.6 Å². The molecule has 132 valence electrons. The molecule has 0 amide bonds. The van der Waals surface area contributed by atoms with Crippen molar-refractivity contribution in [1.82, 2.24) is 4.98 Å². The summed E-state index contributed by atoms with van der Waals surface area (Å²) >= 11 is 2.48. The fraction of sp³-hybridized carbons (Fsp3) is 0.111. The first-order valence-corrected chi connectivity index (χ1v) is 9.19. The average Bonchev–Trinajstić information content (AvgIpc) is 3.12. The van der Waals surface area contributed by atoms with Crippen molar-refractivity contribution in [2.24, 2.45) is 0 Å². The van der Waals surface area contributed by atoms with Gasteiger partial charge in [-0.05, 0) is 23.6 Å². The van der Waals surface area contributed by atoms with Crippen LogP contribution in [0.25, 0.3) is 11.1 Å². The Labute approximate surface area is 155 Å². The van der Waals surface area contributed by atoms with Crippen LogP contribution in [-0.4, -0.2) is 4.98 Å². The lowest BCUT2D eigenvalue weighted by Crippen LogP contribution is -2.10. The number of benzene rings is 1. The zero-order chi connectivity index (χ0) is 18.7. The maximum Gasteiger partial charge on any atom is 0.433 e. The molecule has 0 atom stereocenters. The van der Waals surface area contributed by atoms with Crippen molar-refractivity contribution in [2.45, 2.75) is 17.0 Å². The molecule has 0 bridgehead atoms. The van der Waals surface area contributed by atoms with Gasteiger partial charge in [0.15, 0.2) is 0 Å². The third-order valence-electron chi connectivity index (χ3n) is 3.48. The standard InChI is InChI=1S/C18H10F4N2S2/c19-15-6-2-1-5-12(15)13-8-16(18(20,21)22)24-17(14(13)9-23)26-10-11-4-3-7-25-11/h1-8H,10H2. The van der Waals surface area contributed by atoms with E-state index in [-0.39, 0.29) is 21.7 Å². The molecule has 2 aromatic heterocycles. The molecule has 0 fully saturated rings. The van der Waals surface area contributed by atoms with E-state index in [4.69, 9.17) is 0 Å². The Morgan fingerprint density at radius 2 is 1.88 bits per heavy atom. The number of nitriles is 1. The van der Waals surface area contributed by atoms with Crippen molar-refractivity contribution in [3.63, 3.8) is 0 Å². The summed E-state index contributed by atoms with van der Waals surface area (Å²) in [6.07, 6.45) is -4.70. The molecule has 8 heteroatoms. The fourth-order valence-corrected chi connectivity index (χ4v) is 4.08. The van der Waals surface area contributed by atoms with Gasteiger partial charge in [0.05, 0.1) is 5.56 Å². The minimum atomic E-state index is -4.70. The van der Waals surface area contributed by atoms with E-state index in [0.29, 0.717) is 5.75 Å². The van der Waals surface area contributed by atoms with E-state index in [1.165, 1.54) is 29.5 Å². The number of aromatic nitrogens is 1. The Morgan fingerprint density at radius 1 is 1.12 bits per heavy atom. The highest BCUT2D eigenvalue weighted by atomic mass is 32.2. The van der Waals surface area contributed by atoms with Crippen LogP contribution in [0.15, 0.2) is 52.9 Å². The smallest absolute Gasteiger partial charge is 0.236 e. The molecule has 2 heterocycles. The molecule has 0 aliphatic rings. The van der Waals surface area contributed by atoms with Crippen LogP contribution in [0.5, 0.6) is 0 Å². The lowest BCUT2D eigenvalue weighted by atomic mass is 10.0. The van der Waals surface area contributed by atoms with Gasteiger partial charge < -0.3 is 0 Å². The normalized spacial score (nSPS) is 11.3. The minimum absolute atomic E-state index is 0.0603. The van der Waals surface area contributed by atoms with Crippen LogP contribution in [0.1, 0.15) is 16.1 Å². The summed E-state index contributed by atoms with van der Waals surface area (Å²) in [5, 5.41) is 11.3. The van der Waals surface area contributed by atoms with Gasteiger partial charge in [-0.3, -0.25) is 0 Å². The zero-order valence-electron chi connectivity index (χ0n) is 13.0. The van der Waals surface area contributed by atoms with Crippen molar-refractivity contribution < 1.29 is 17.6 Å². The largest absolute Gasteiger partial charge is 0.433 e. The van der Waals surface area contributed by atoms with Gasteiger partial charge in [-0.1, -0.05) is 36.0 Å². The number of alkyl halides is 3. The molecule has 0 N–H and O–H groups in total. The molecule has 0 saturated heterocycles. The number of rotatable bonds is 4. The summed E-state index contributed by atoms with van der Waals surface area (Å²) in [5.41, 5.74) is -1.38. The number of hydrogen-bond acceptors (Lipinski definition) is 4. The van der Waals surface area contributed by atoms with Crippen molar-refractivity contribution in [3.8, 4) is 17.2 Å². The lowest BCUT2D eigenvalue weighted by molar-refractivity contribution is -0.141.